The minimum atomic E-state index is -4.05. The highest BCUT2D eigenvalue weighted by atomic mass is 32.2. The summed E-state index contributed by atoms with van der Waals surface area (Å²) in [7, 11) is -2.55. The molecule has 3 rings (SSSR count). The van der Waals surface area contributed by atoms with Crippen LogP contribution in [0.5, 0.6) is 11.5 Å². The average Bonchev–Trinajstić information content (AvgIpc) is 2.80. The van der Waals surface area contributed by atoms with Crippen LogP contribution >= 0.6 is 0 Å². The van der Waals surface area contributed by atoms with Gasteiger partial charge in [0.25, 0.3) is 0 Å². The van der Waals surface area contributed by atoms with E-state index < -0.39 is 10.1 Å². The lowest BCUT2D eigenvalue weighted by molar-refractivity contribution is 0.193. The molecule has 0 bridgehead atoms. The molecule has 0 aliphatic heterocycles. The largest absolute Gasteiger partial charge is 0.497 e. The lowest BCUT2D eigenvalue weighted by atomic mass is 10.1. The van der Waals surface area contributed by atoms with E-state index >= 15 is 0 Å². The summed E-state index contributed by atoms with van der Waals surface area (Å²) in [6, 6.07) is 18.0. The molecule has 0 aromatic heterocycles. The molecular formula is C24H25FN2O5S. The summed E-state index contributed by atoms with van der Waals surface area (Å²) >= 11 is 0. The molecule has 0 aliphatic rings. The Morgan fingerprint density at radius 2 is 1.61 bits per heavy atom. The highest BCUT2D eigenvalue weighted by Crippen LogP contribution is 2.23. The molecule has 0 unspecified atom stereocenters. The topological polar surface area (TPSA) is 84.9 Å². The number of amides is 2. The van der Waals surface area contributed by atoms with Crippen LogP contribution in [0.3, 0.4) is 0 Å². The van der Waals surface area contributed by atoms with Crippen molar-refractivity contribution in [2.45, 2.75) is 24.9 Å². The number of methoxy groups -OCH3 is 1. The highest BCUT2D eigenvalue weighted by molar-refractivity contribution is 7.87. The number of benzene rings is 3. The maximum atomic E-state index is 13.2. The Balaban J connectivity index is 1.77. The van der Waals surface area contributed by atoms with Gasteiger partial charge in [0.1, 0.15) is 22.2 Å². The van der Waals surface area contributed by atoms with Crippen LogP contribution in [0.25, 0.3) is 0 Å². The maximum Gasteiger partial charge on any atom is 0.339 e. The van der Waals surface area contributed by atoms with Crippen LogP contribution in [0.2, 0.25) is 0 Å². The summed E-state index contributed by atoms with van der Waals surface area (Å²) in [6.45, 7) is 2.71. The van der Waals surface area contributed by atoms with E-state index in [2.05, 4.69) is 5.32 Å². The molecule has 3 aromatic rings. The first-order valence-electron chi connectivity index (χ1n) is 10.3. The fourth-order valence-corrected chi connectivity index (χ4v) is 4.03. The number of carbonyl (C=O) groups excluding carboxylic acids is 1. The van der Waals surface area contributed by atoms with Crippen LogP contribution in [0.1, 0.15) is 18.1 Å². The Labute approximate surface area is 192 Å². The molecule has 0 fully saturated rings. The third-order valence-corrected chi connectivity index (χ3v) is 5.99. The van der Waals surface area contributed by atoms with Crippen molar-refractivity contribution >= 4 is 16.1 Å². The van der Waals surface area contributed by atoms with Crippen LogP contribution in [0, 0.1) is 5.82 Å². The van der Waals surface area contributed by atoms with E-state index in [1.165, 1.54) is 49.6 Å². The Bertz CT molecular complexity index is 1180. The van der Waals surface area contributed by atoms with Crippen molar-refractivity contribution in [3.05, 3.63) is 89.7 Å². The van der Waals surface area contributed by atoms with E-state index in [4.69, 9.17) is 8.92 Å². The molecule has 0 atom stereocenters. The maximum absolute atomic E-state index is 13.2. The van der Waals surface area contributed by atoms with Gasteiger partial charge in [-0.3, -0.25) is 0 Å². The molecule has 0 saturated carbocycles. The molecule has 0 saturated heterocycles. The number of rotatable bonds is 9. The van der Waals surface area contributed by atoms with E-state index in [9.17, 15) is 17.6 Å². The van der Waals surface area contributed by atoms with Crippen LogP contribution in [0.4, 0.5) is 9.18 Å². The van der Waals surface area contributed by atoms with E-state index in [-0.39, 0.29) is 35.6 Å². The van der Waals surface area contributed by atoms with Crippen molar-refractivity contribution in [2.75, 3.05) is 13.7 Å². The number of halogens is 1. The Morgan fingerprint density at radius 1 is 0.939 bits per heavy atom. The second-order valence-electron chi connectivity index (χ2n) is 7.18. The van der Waals surface area contributed by atoms with Gasteiger partial charge in [-0.05, 0) is 66.6 Å². The first-order chi connectivity index (χ1) is 15.8. The summed E-state index contributed by atoms with van der Waals surface area (Å²) in [6.07, 6.45) is 0. The highest BCUT2D eigenvalue weighted by Gasteiger charge is 2.18. The van der Waals surface area contributed by atoms with Crippen molar-refractivity contribution in [2.24, 2.45) is 0 Å². The summed E-state index contributed by atoms with van der Waals surface area (Å²) in [5.74, 6) is 0.301. The molecule has 0 aliphatic carbocycles. The van der Waals surface area contributed by atoms with Gasteiger partial charge >= 0.3 is 16.1 Å². The van der Waals surface area contributed by atoms with Crippen molar-refractivity contribution in [1.82, 2.24) is 10.2 Å². The second-order valence-corrected chi connectivity index (χ2v) is 8.72. The molecule has 33 heavy (non-hydrogen) atoms. The lowest BCUT2D eigenvalue weighted by Gasteiger charge is -2.23. The minimum Gasteiger partial charge on any atom is -0.497 e. The Hall–Kier alpha value is -3.59. The number of carbonyl (C=O) groups is 1. The standard InChI is InChI=1S/C24H25FN2O5S/c1-3-26-24(28)27(16-18-7-9-20(25)10-8-18)17-19-5-4-6-22(15-19)32-33(29,30)23-13-11-21(31-2)12-14-23/h4-15H,3,16-17H2,1-2H3,(H,26,28). The Morgan fingerprint density at radius 3 is 2.24 bits per heavy atom. The Kier molecular flexibility index (Phi) is 7.89. The van der Waals surface area contributed by atoms with Gasteiger partial charge in [0.05, 0.1) is 7.11 Å². The zero-order valence-electron chi connectivity index (χ0n) is 18.3. The number of nitrogens with one attached hydrogen (secondary N) is 1. The first kappa shape index (κ1) is 24.1. The quantitative estimate of drug-likeness (QED) is 0.469. The summed E-state index contributed by atoms with van der Waals surface area (Å²) in [5, 5.41) is 2.76. The SMILES string of the molecule is CCNC(=O)N(Cc1ccc(F)cc1)Cc1cccc(OS(=O)(=O)c2ccc(OC)cc2)c1. The van der Waals surface area contributed by atoms with Gasteiger partial charge in [0.15, 0.2) is 0 Å². The van der Waals surface area contributed by atoms with Gasteiger partial charge in [0, 0.05) is 19.6 Å². The van der Waals surface area contributed by atoms with Crippen LogP contribution in [-0.4, -0.2) is 33.0 Å². The van der Waals surface area contributed by atoms with Gasteiger partial charge in [-0.2, -0.15) is 8.42 Å². The summed E-state index contributed by atoms with van der Waals surface area (Å²) in [4.78, 5) is 14.1. The third kappa shape index (κ3) is 6.69. The number of nitrogens with zero attached hydrogens (tertiary/aromatic N) is 1. The average molecular weight is 473 g/mol. The van der Waals surface area contributed by atoms with E-state index in [0.717, 1.165) is 5.56 Å². The predicted octanol–water partition coefficient (Wildman–Crippen LogP) is 4.33. The lowest BCUT2D eigenvalue weighted by Crippen LogP contribution is -2.38. The van der Waals surface area contributed by atoms with Crippen LogP contribution < -0.4 is 14.2 Å². The predicted molar refractivity (Wildman–Crippen MR) is 122 cm³/mol. The van der Waals surface area contributed by atoms with Crippen LogP contribution in [-0.2, 0) is 23.2 Å². The zero-order valence-corrected chi connectivity index (χ0v) is 19.1. The summed E-state index contributed by atoms with van der Waals surface area (Å²) < 4.78 is 48.8. The molecule has 9 heteroatoms. The molecule has 0 radical (unpaired) electrons. The van der Waals surface area contributed by atoms with Gasteiger partial charge in [-0.25, -0.2) is 9.18 Å². The van der Waals surface area contributed by atoms with Gasteiger partial charge in [-0.15, -0.1) is 0 Å². The molecule has 3 aromatic carbocycles. The molecule has 174 valence electrons. The number of hydrogen-bond donors (Lipinski definition) is 1. The van der Waals surface area contributed by atoms with Gasteiger partial charge in [-0.1, -0.05) is 24.3 Å². The molecular weight excluding hydrogens is 447 g/mol. The summed E-state index contributed by atoms with van der Waals surface area (Å²) in [5.41, 5.74) is 1.43. The molecule has 0 heterocycles. The van der Waals surface area contributed by atoms with Crippen LogP contribution in [0.15, 0.2) is 77.7 Å². The number of ether oxygens (including phenoxy) is 1. The van der Waals surface area contributed by atoms with Crippen molar-refractivity contribution in [3.63, 3.8) is 0 Å². The van der Waals surface area contributed by atoms with Gasteiger partial charge in [0.2, 0.25) is 0 Å². The number of urea groups is 1. The normalized spacial score (nSPS) is 11.0. The van der Waals surface area contributed by atoms with Crippen molar-refractivity contribution < 1.29 is 26.5 Å². The first-order valence-corrected chi connectivity index (χ1v) is 11.7. The molecule has 2 amide bonds. The minimum absolute atomic E-state index is 0.00559. The van der Waals surface area contributed by atoms with E-state index in [1.807, 2.05) is 6.92 Å². The van der Waals surface area contributed by atoms with Crippen molar-refractivity contribution in [1.29, 1.82) is 0 Å². The second kappa shape index (κ2) is 10.8. The number of hydrogen-bond acceptors (Lipinski definition) is 5. The molecule has 0 spiro atoms. The fraction of sp³-hybridized carbons (Fsp3) is 0.208. The van der Waals surface area contributed by atoms with Crippen molar-refractivity contribution in [3.8, 4) is 11.5 Å². The monoisotopic (exact) mass is 472 g/mol. The van der Waals surface area contributed by atoms with E-state index in [1.54, 1.807) is 35.2 Å². The third-order valence-electron chi connectivity index (χ3n) is 4.73. The van der Waals surface area contributed by atoms with Gasteiger partial charge < -0.3 is 19.1 Å². The smallest absolute Gasteiger partial charge is 0.339 e. The molecule has 7 nitrogen and oxygen atoms in total. The van der Waals surface area contributed by atoms with E-state index in [0.29, 0.717) is 17.9 Å². The fourth-order valence-electron chi connectivity index (χ4n) is 3.11. The molecule has 1 N–H and O–H groups in total. The zero-order chi connectivity index (χ0) is 23.8.